The summed E-state index contributed by atoms with van der Waals surface area (Å²) in [5.41, 5.74) is 5.61. The van der Waals surface area contributed by atoms with Crippen LogP contribution in [0.15, 0.2) is 23.7 Å². The summed E-state index contributed by atoms with van der Waals surface area (Å²) in [7, 11) is 0. The van der Waals surface area contributed by atoms with E-state index >= 15 is 0 Å². The van der Waals surface area contributed by atoms with Crippen molar-refractivity contribution >= 4 is 17.0 Å². The first-order chi connectivity index (χ1) is 10.1. The summed E-state index contributed by atoms with van der Waals surface area (Å²) in [6.45, 7) is 9.32. The molecule has 0 fully saturated rings. The molecule has 0 saturated heterocycles. The summed E-state index contributed by atoms with van der Waals surface area (Å²) in [6, 6.07) is 4.41. The molecule has 5 heteroatoms. The Labute approximate surface area is 128 Å². The molecule has 0 aromatic carbocycles. The average molecular weight is 300 g/mol. The third kappa shape index (κ3) is 2.71. The van der Waals surface area contributed by atoms with E-state index in [4.69, 9.17) is 0 Å². The van der Waals surface area contributed by atoms with Crippen molar-refractivity contribution in [1.29, 1.82) is 0 Å². The van der Waals surface area contributed by atoms with Crippen LogP contribution >= 0.6 is 11.3 Å². The lowest BCUT2D eigenvalue weighted by atomic mass is 10.1. The number of rotatable bonds is 4. The number of aryl methyl sites for hydroxylation is 3. The molecule has 4 nitrogen and oxygen atoms in total. The van der Waals surface area contributed by atoms with E-state index in [0.717, 1.165) is 23.6 Å². The Morgan fingerprint density at radius 3 is 2.86 bits per heavy atom. The molecule has 0 aliphatic carbocycles. The topological polar surface area (TPSA) is 42.2 Å². The molecule has 0 spiro atoms. The fraction of sp³-hybridized carbons (Fsp3) is 0.375. The predicted molar refractivity (Wildman–Crippen MR) is 86.8 cm³/mol. The van der Waals surface area contributed by atoms with E-state index in [-0.39, 0.29) is 6.04 Å². The van der Waals surface area contributed by atoms with Crippen molar-refractivity contribution in [1.82, 2.24) is 19.9 Å². The maximum atomic E-state index is 4.51. The van der Waals surface area contributed by atoms with Gasteiger partial charge in [-0.15, -0.1) is 11.3 Å². The van der Waals surface area contributed by atoms with Gasteiger partial charge in [-0.2, -0.15) is 5.10 Å². The highest BCUT2D eigenvalue weighted by atomic mass is 32.1. The van der Waals surface area contributed by atoms with Crippen LogP contribution in [0, 0.1) is 20.8 Å². The van der Waals surface area contributed by atoms with E-state index in [1.54, 1.807) is 11.3 Å². The monoisotopic (exact) mass is 300 g/mol. The summed E-state index contributed by atoms with van der Waals surface area (Å²) in [5, 5.41) is 10.2. The van der Waals surface area contributed by atoms with E-state index in [2.05, 4.69) is 47.6 Å². The van der Waals surface area contributed by atoms with Crippen molar-refractivity contribution in [3.8, 4) is 0 Å². The summed E-state index contributed by atoms with van der Waals surface area (Å²) in [4.78, 5) is 5.90. The van der Waals surface area contributed by atoms with Gasteiger partial charge in [0.05, 0.1) is 5.69 Å². The van der Waals surface area contributed by atoms with Crippen molar-refractivity contribution in [3.63, 3.8) is 0 Å². The molecule has 3 heterocycles. The molecule has 0 amide bonds. The van der Waals surface area contributed by atoms with Gasteiger partial charge >= 0.3 is 0 Å². The number of fused-ring (bicyclic) bond motifs is 1. The van der Waals surface area contributed by atoms with E-state index in [9.17, 15) is 0 Å². The quantitative estimate of drug-likeness (QED) is 0.801. The highest BCUT2D eigenvalue weighted by Gasteiger charge is 2.13. The number of aromatic nitrogens is 3. The molecule has 1 unspecified atom stereocenters. The van der Waals surface area contributed by atoms with E-state index < -0.39 is 0 Å². The molecule has 0 saturated carbocycles. The Morgan fingerprint density at radius 1 is 1.33 bits per heavy atom. The van der Waals surface area contributed by atoms with Gasteiger partial charge < -0.3 is 5.32 Å². The highest BCUT2D eigenvalue weighted by molar-refractivity contribution is 7.10. The summed E-state index contributed by atoms with van der Waals surface area (Å²) < 4.78 is 1.93. The van der Waals surface area contributed by atoms with Crippen LogP contribution in [0.2, 0.25) is 0 Å². The first-order valence-electron chi connectivity index (χ1n) is 7.14. The first-order valence-corrected chi connectivity index (χ1v) is 8.02. The number of hydrogen-bond acceptors (Lipinski definition) is 4. The summed E-state index contributed by atoms with van der Waals surface area (Å²) in [6.07, 6.45) is 1.96. The first kappa shape index (κ1) is 14.2. The van der Waals surface area contributed by atoms with Gasteiger partial charge in [-0.25, -0.2) is 9.50 Å². The smallest absolute Gasteiger partial charge is 0.155 e. The average Bonchev–Trinajstić information content (AvgIpc) is 3.02. The van der Waals surface area contributed by atoms with Gasteiger partial charge in [-0.05, 0) is 44.7 Å². The second-order valence-electron chi connectivity index (χ2n) is 5.48. The third-order valence-corrected chi connectivity index (χ3v) is 4.91. The molecule has 3 aromatic heterocycles. The minimum absolute atomic E-state index is 0.243. The molecule has 1 N–H and O–H groups in total. The summed E-state index contributed by atoms with van der Waals surface area (Å²) >= 11 is 1.80. The van der Waals surface area contributed by atoms with Crippen molar-refractivity contribution in [2.45, 2.75) is 40.3 Å². The maximum absolute atomic E-state index is 4.51. The Hall–Kier alpha value is -1.72. The van der Waals surface area contributed by atoms with Gasteiger partial charge in [0.25, 0.3) is 0 Å². The van der Waals surface area contributed by atoms with Crippen LogP contribution in [0.5, 0.6) is 0 Å². The molecule has 21 heavy (non-hydrogen) atoms. The van der Waals surface area contributed by atoms with Crippen molar-refractivity contribution in [2.24, 2.45) is 0 Å². The lowest BCUT2D eigenvalue weighted by Gasteiger charge is -2.16. The zero-order chi connectivity index (χ0) is 15.0. The van der Waals surface area contributed by atoms with Gasteiger partial charge in [0.15, 0.2) is 5.65 Å². The second kappa shape index (κ2) is 5.58. The minimum atomic E-state index is 0.243. The number of nitrogens with one attached hydrogen (secondary N) is 1. The largest absolute Gasteiger partial charge is 0.305 e. The van der Waals surface area contributed by atoms with Crippen LogP contribution < -0.4 is 5.32 Å². The van der Waals surface area contributed by atoms with E-state index in [1.807, 2.05) is 23.7 Å². The Balaban J connectivity index is 1.82. The minimum Gasteiger partial charge on any atom is -0.305 e. The zero-order valence-corrected chi connectivity index (χ0v) is 13.7. The molecular weight excluding hydrogens is 280 g/mol. The second-order valence-corrected chi connectivity index (χ2v) is 6.48. The van der Waals surface area contributed by atoms with Crippen molar-refractivity contribution in [3.05, 3.63) is 51.1 Å². The van der Waals surface area contributed by atoms with Crippen LogP contribution in [-0.4, -0.2) is 14.6 Å². The van der Waals surface area contributed by atoms with Crippen LogP contribution in [0.1, 0.15) is 40.4 Å². The van der Waals surface area contributed by atoms with Crippen LogP contribution in [0.3, 0.4) is 0 Å². The van der Waals surface area contributed by atoms with E-state index in [0.29, 0.717) is 0 Å². The number of nitrogens with zero attached hydrogens (tertiary/aromatic N) is 3. The zero-order valence-electron chi connectivity index (χ0n) is 12.8. The molecule has 1 atom stereocenters. The fourth-order valence-corrected chi connectivity index (χ4v) is 3.40. The lowest BCUT2D eigenvalue weighted by Crippen LogP contribution is -2.20. The van der Waals surface area contributed by atoms with Gasteiger partial charge in [0, 0.05) is 41.0 Å². The molecule has 3 rings (SSSR count). The normalized spacial score (nSPS) is 13.0. The van der Waals surface area contributed by atoms with Gasteiger partial charge in [0.2, 0.25) is 0 Å². The van der Waals surface area contributed by atoms with Crippen LogP contribution in [0.25, 0.3) is 5.65 Å². The SMILES string of the molecule is Cc1cc2ncc(C(C)NCc3sccc3C)c(C)n2n1. The van der Waals surface area contributed by atoms with Crippen LogP contribution in [-0.2, 0) is 6.54 Å². The highest BCUT2D eigenvalue weighted by Crippen LogP contribution is 2.20. The molecular formula is C16H20N4S. The fourth-order valence-electron chi connectivity index (χ4n) is 2.54. The standard InChI is InChI=1S/C16H20N4S/c1-10-5-6-21-15(10)9-17-12(3)14-8-18-16-7-11(2)19-20(16)13(14)4/h5-8,12,17H,9H2,1-4H3. The number of thiophene rings is 1. The van der Waals surface area contributed by atoms with E-state index in [1.165, 1.54) is 16.0 Å². The third-order valence-electron chi connectivity index (χ3n) is 3.89. The Bertz CT molecular complexity index is 772. The summed E-state index contributed by atoms with van der Waals surface area (Å²) in [5.74, 6) is 0. The van der Waals surface area contributed by atoms with Gasteiger partial charge in [-0.1, -0.05) is 0 Å². The molecule has 3 aromatic rings. The van der Waals surface area contributed by atoms with Crippen molar-refractivity contribution in [2.75, 3.05) is 0 Å². The molecule has 110 valence electrons. The lowest BCUT2D eigenvalue weighted by molar-refractivity contribution is 0.568. The van der Waals surface area contributed by atoms with Gasteiger partial charge in [-0.3, -0.25) is 0 Å². The van der Waals surface area contributed by atoms with Gasteiger partial charge in [0.1, 0.15) is 0 Å². The van der Waals surface area contributed by atoms with Crippen molar-refractivity contribution < 1.29 is 0 Å². The molecule has 0 radical (unpaired) electrons. The maximum Gasteiger partial charge on any atom is 0.155 e. The predicted octanol–water partition coefficient (Wildman–Crippen LogP) is 3.57. The number of hydrogen-bond donors (Lipinski definition) is 1. The molecule has 0 aliphatic heterocycles. The van der Waals surface area contributed by atoms with Crippen LogP contribution in [0.4, 0.5) is 0 Å². The Kier molecular flexibility index (Phi) is 3.78. The Morgan fingerprint density at radius 2 is 2.14 bits per heavy atom. The molecule has 0 aliphatic rings. The molecule has 0 bridgehead atoms.